The minimum Gasteiger partial charge on any atom is -0.481 e. The number of hydrogen-bond acceptors (Lipinski definition) is 2. The highest BCUT2D eigenvalue weighted by atomic mass is 16.5. The van der Waals surface area contributed by atoms with Gasteiger partial charge in [-0.15, -0.1) is 0 Å². The Kier molecular flexibility index (Phi) is 4.77. The Morgan fingerprint density at radius 3 is 2.35 bits per heavy atom. The zero-order chi connectivity index (χ0) is 14.4. The molecule has 0 aliphatic carbocycles. The lowest BCUT2D eigenvalue weighted by Crippen LogP contribution is -2.32. The summed E-state index contributed by atoms with van der Waals surface area (Å²) in [4.78, 5) is 12.2. The van der Waals surface area contributed by atoms with E-state index in [4.69, 9.17) is 4.74 Å². The summed E-state index contributed by atoms with van der Waals surface area (Å²) in [5.41, 5.74) is 1.95. The number of carbonyl (C=O) groups excluding carboxylic acids is 1. The van der Waals surface area contributed by atoms with E-state index in [1.54, 1.807) is 0 Å². The molecule has 3 nitrogen and oxygen atoms in total. The van der Waals surface area contributed by atoms with Gasteiger partial charge >= 0.3 is 0 Å². The third-order valence-electron chi connectivity index (χ3n) is 3.00. The van der Waals surface area contributed by atoms with Gasteiger partial charge in [-0.25, -0.2) is 0 Å². The third-order valence-corrected chi connectivity index (χ3v) is 3.00. The van der Waals surface area contributed by atoms with Crippen molar-refractivity contribution in [2.75, 3.05) is 5.32 Å². The molecule has 0 bridgehead atoms. The van der Waals surface area contributed by atoms with Crippen molar-refractivity contribution in [2.45, 2.75) is 26.4 Å². The zero-order valence-corrected chi connectivity index (χ0v) is 11.8. The molecule has 0 saturated carbocycles. The Hall–Kier alpha value is -2.29. The number of amides is 1. The molecular formula is C17H19NO2. The van der Waals surface area contributed by atoms with Gasteiger partial charge in [-0.2, -0.15) is 0 Å². The molecule has 0 aromatic heterocycles. The van der Waals surface area contributed by atoms with Crippen molar-refractivity contribution in [2.24, 2.45) is 0 Å². The lowest BCUT2D eigenvalue weighted by Gasteiger charge is -2.17. The maximum Gasteiger partial charge on any atom is 0.265 e. The molecule has 2 aromatic carbocycles. The maximum atomic E-state index is 12.2. The highest BCUT2D eigenvalue weighted by Gasteiger charge is 2.18. The van der Waals surface area contributed by atoms with Gasteiger partial charge in [0, 0.05) is 5.69 Å². The second-order valence-corrected chi connectivity index (χ2v) is 4.68. The number of anilines is 1. The van der Waals surface area contributed by atoms with E-state index in [1.807, 2.05) is 68.4 Å². The molecule has 0 saturated heterocycles. The molecule has 104 valence electrons. The van der Waals surface area contributed by atoms with Crippen molar-refractivity contribution in [3.05, 3.63) is 60.2 Å². The lowest BCUT2D eigenvalue weighted by atomic mass is 10.2. The van der Waals surface area contributed by atoms with E-state index in [0.717, 1.165) is 11.3 Å². The van der Waals surface area contributed by atoms with Crippen LogP contribution in [0.15, 0.2) is 54.6 Å². The highest BCUT2D eigenvalue weighted by molar-refractivity contribution is 5.94. The molecule has 0 radical (unpaired) electrons. The number of rotatable bonds is 5. The van der Waals surface area contributed by atoms with Gasteiger partial charge < -0.3 is 10.1 Å². The van der Waals surface area contributed by atoms with Gasteiger partial charge in [0.05, 0.1) is 0 Å². The molecule has 20 heavy (non-hydrogen) atoms. The molecule has 1 unspecified atom stereocenters. The van der Waals surface area contributed by atoms with E-state index in [0.29, 0.717) is 12.2 Å². The molecule has 0 spiro atoms. The summed E-state index contributed by atoms with van der Waals surface area (Å²) in [7, 11) is 0. The molecule has 2 aromatic rings. The van der Waals surface area contributed by atoms with E-state index in [-0.39, 0.29) is 5.91 Å². The molecule has 0 aliphatic rings. The zero-order valence-electron chi connectivity index (χ0n) is 11.8. The number of benzene rings is 2. The predicted octanol–water partition coefficient (Wildman–Crippen LogP) is 3.79. The lowest BCUT2D eigenvalue weighted by molar-refractivity contribution is -0.122. The van der Waals surface area contributed by atoms with Crippen LogP contribution in [0.2, 0.25) is 0 Å². The minimum atomic E-state index is -0.487. The Morgan fingerprint density at radius 2 is 1.75 bits per heavy atom. The van der Waals surface area contributed by atoms with Crippen molar-refractivity contribution in [3.63, 3.8) is 0 Å². The maximum absolute atomic E-state index is 12.2. The van der Waals surface area contributed by atoms with Crippen molar-refractivity contribution < 1.29 is 9.53 Å². The van der Waals surface area contributed by atoms with Gasteiger partial charge in [-0.05, 0) is 37.6 Å². The summed E-state index contributed by atoms with van der Waals surface area (Å²) in [6, 6.07) is 17.1. The van der Waals surface area contributed by atoms with Crippen LogP contribution in [0.25, 0.3) is 0 Å². The summed E-state index contributed by atoms with van der Waals surface area (Å²) < 4.78 is 5.71. The smallest absolute Gasteiger partial charge is 0.265 e. The average molecular weight is 269 g/mol. The average Bonchev–Trinajstić information content (AvgIpc) is 2.48. The Bertz CT molecular complexity index is 549. The summed E-state index contributed by atoms with van der Waals surface area (Å²) in [6.45, 7) is 3.95. The number of hydrogen-bond donors (Lipinski definition) is 1. The molecule has 2 rings (SSSR count). The van der Waals surface area contributed by atoms with Gasteiger partial charge in [-0.1, -0.05) is 42.8 Å². The first-order valence-corrected chi connectivity index (χ1v) is 6.78. The first-order chi connectivity index (χ1) is 9.69. The number of ether oxygens (including phenoxy) is 1. The standard InChI is InChI=1S/C17H19NO2/c1-3-16(20-15-7-5-4-6-8-15)17(19)18-14-11-9-13(2)10-12-14/h4-12,16H,3H2,1-2H3,(H,18,19). The van der Waals surface area contributed by atoms with Crippen LogP contribution in [0.3, 0.4) is 0 Å². The molecule has 0 aliphatic heterocycles. The number of aryl methyl sites for hydroxylation is 1. The van der Waals surface area contributed by atoms with Gasteiger partial charge in [0.15, 0.2) is 6.10 Å². The first kappa shape index (κ1) is 14.1. The monoisotopic (exact) mass is 269 g/mol. The summed E-state index contributed by atoms with van der Waals surface area (Å²) in [5, 5.41) is 2.88. The summed E-state index contributed by atoms with van der Waals surface area (Å²) in [6.07, 6.45) is 0.130. The molecule has 1 N–H and O–H groups in total. The van der Waals surface area contributed by atoms with Crippen molar-refractivity contribution in [3.8, 4) is 5.75 Å². The van der Waals surface area contributed by atoms with Crippen molar-refractivity contribution >= 4 is 11.6 Å². The van der Waals surface area contributed by atoms with Crippen LogP contribution in [0.4, 0.5) is 5.69 Å². The quantitative estimate of drug-likeness (QED) is 0.896. The number of para-hydroxylation sites is 1. The molecule has 1 atom stereocenters. The summed E-state index contributed by atoms with van der Waals surface area (Å²) in [5.74, 6) is 0.582. The highest BCUT2D eigenvalue weighted by Crippen LogP contribution is 2.15. The fourth-order valence-corrected chi connectivity index (χ4v) is 1.85. The van der Waals surface area contributed by atoms with Crippen LogP contribution in [-0.4, -0.2) is 12.0 Å². The minimum absolute atomic E-state index is 0.125. The van der Waals surface area contributed by atoms with Crippen molar-refractivity contribution in [1.82, 2.24) is 0 Å². The van der Waals surface area contributed by atoms with Crippen LogP contribution in [0, 0.1) is 6.92 Å². The summed E-state index contributed by atoms with van der Waals surface area (Å²) >= 11 is 0. The van der Waals surface area contributed by atoms with Crippen LogP contribution in [0.5, 0.6) is 5.75 Å². The first-order valence-electron chi connectivity index (χ1n) is 6.78. The van der Waals surface area contributed by atoms with Crippen LogP contribution >= 0.6 is 0 Å². The van der Waals surface area contributed by atoms with Crippen LogP contribution in [-0.2, 0) is 4.79 Å². The molecule has 1 amide bonds. The molecule has 3 heteroatoms. The van der Waals surface area contributed by atoms with E-state index in [9.17, 15) is 4.79 Å². The normalized spacial score (nSPS) is 11.7. The predicted molar refractivity (Wildman–Crippen MR) is 81.0 cm³/mol. The fourth-order valence-electron chi connectivity index (χ4n) is 1.85. The van der Waals surface area contributed by atoms with Crippen LogP contribution < -0.4 is 10.1 Å². The van der Waals surface area contributed by atoms with E-state index in [1.165, 1.54) is 0 Å². The number of carbonyl (C=O) groups is 1. The second kappa shape index (κ2) is 6.75. The Balaban J connectivity index is 2.00. The number of nitrogens with one attached hydrogen (secondary N) is 1. The van der Waals surface area contributed by atoms with Crippen LogP contribution in [0.1, 0.15) is 18.9 Å². The van der Waals surface area contributed by atoms with E-state index >= 15 is 0 Å². The van der Waals surface area contributed by atoms with Crippen molar-refractivity contribution in [1.29, 1.82) is 0 Å². The molecule has 0 fully saturated rings. The fraction of sp³-hybridized carbons (Fsp3) is 0.235. The Labute approximate surface area is 119 Å². The third kappa shape index (κ3) is 3.85. The van der Waals surface area contributed by atoms with Gasteiger partial charge in [0.1, 0.15) is 5.75 Å². The molecule has 0 heterocycles. The Morgan fingerprint density at radius 1 is 1.10 bits per heavy atom. The molecular weight excluding hydrogens is 250 g/mol. The van der Waals surface area contributed by atoms with Gasteiger partial charge in [-0.3, -0.25) is 4.79 Å². The van der Waals surface area contributed by atoms with Gasteiger partial charge in [0.2, 0.25) is 0 Å². The van der Waals surface area contributed by atoms with E-state index in [2.05, 4.69) is 5.32 Å². The topological polar surface area (TPSA) is 38.3 Å². The van der Waals surface area contributed by atoms with Gasteiger partial charge in [0.25, 0.3) is 5.91 Å². The SMILES string of the molecule is CCC(Oc1ccccc1)C(=O)Nc1ccc(C)cc1. The second-order valence-electron chi connectivity index (χ2n) is 4.68. The van der Waals surface area contributed by atoms with E-state index < -0.39 is 6.10 Å². The largest absolute Gasteiger partial charge is 0.481 e.